The molecule has 74 valence electrons. The smallest absolute Gasteiger partial charge is 0.123 e. The predicted octanol–water partition coefficient (Wildman–Crippen LogP) is 3.24. The Morgan fingerprint density at radius 1 is 1.00 bits per heavy atom. The van der Waals surface area contributed by atoms with Gasteiger partial charge >= 0.3 is 0 Å². The predicted molar refractivity (Wildman–Crippen MR) is 63.4 cm³/mol. The molecule has 0 amide bonds. The summed E-state index contributed by atoms with van der Waals surface area (Å²) < 4.78 is 0. The van der Waals surface area contributed by atoms with E-state index in [9.17, 15) is 0 Å². The number of benzene rings is 1. The van der Waals surface area contributed by atoms with Gasteiger partial charge in [-0.3, -0.25) is 0 Å². The Morgan fingerprint density at radius 2 is 1.87 bits per heavy atom. The lowest BCUT2D eigenvalue weighted by Crippen LogP contribution is -1.79. The SMILES string of the molecule is C(=C\c1ccccc1)/Sc1cccnn1. The zero-order valence-corrected chi connectivity index (χ0v) is 8.89. The number of aromatic nitrogens is 2. The Hall–Kier alpha value is -1.61. The van der Waals surface area contributed by atoms with Gasteiger partial charge in [0.05, 0.1) is 0 Å². The molecule has 1 heterocycles. The minimum absolute atomic E-state index is 0.907. The maximum absolute atomic E-state index is 3.97. The fraction of sp³-hybridized carbons (Fsp3) is 0. The van der Waals surface area contributed by atoms with Crippen molar-refractivity contribution < 1.29 is 0 Å². The van der Waals surface area contributed by atoms with Gasteiger partial charge in [0.15, 0.2) is 0 Å². The summed E-state index contributed by atoms with van der Waals surface area (Å²) in [5.74, 6) is 0. The number of thioether (sulfide) groups is 1. The Morgan fingerprint density at radius 3 is 2.60 bits per heavy atom. The first-order valence-corrected chi connectivity index (χ1v) is 5.49. The highest BCUT2D eigenvalue weighted by Crippen LogP contribution is 2.16. The quantitative estimate of drug-likeness (QED) is 0.733. The second-order valence-corrected chi connectivity index (χ2v) is 3.82. The summed E-state index contributed by atoms with van der Waals surface area (Å²) in [7, 11) is 0. The number of hydrogen-bond donors (Lipinski definition) is 0. The molecule has 0 saturated heterocycles. The molecule has 3 heteroatoms. The van der Waals surface area contributed by atoms with Crippen LogP contribution in [0.15, 0.2) is 59.1 Å². The van der Waals surface area contributed by atoms with Crippen LogP contribution in [0.4, 0.5) is 0 Å². The molecule has 0 spiro atoms. The zero-order valence-electron chi connectivity index (χ0n) is 8.08. The Bertz CT molecular complexity index is 426. The minimum Gasteiger partial charge on any atom is -0.158 e. The van der Waals surface area contributed by atoms with Crippen molar-refractivity contribution in [2.75, 3.05) is 0 Å². The van der Waals surface area contributed by atoms with Crippen LogP contribution in [-0.2, 0) is 0 Å². The van der Waals surface area contributed by atoms with Gasteiger partial charge in [-0.1, -0.05) is 42.1 Å². The van der Waals surface area contributed by atoms with E-state index in [-0.39, 0.29) is 0 Å². The van der Waals surface area contributed by atoms with Crippen LogP contribution in [0.3, 0.4) is 0 Å². The lowest BCUT2D eigenvalue weighted by molar-refractivity contribution is 0.932. The largest absolute Gasteiger partial charge is 0.158 e. The maximum Gasteiger partial charge on any atom is 0.123 e. The van der Waals surface area contributed by atoms with Crippen LogP contribution in [0.1, 0.15) is 5.56 Å². The van der Waals surface area contributed by atoms with Crippen LogP contribution in [0.25, 0.3) is 6.08 Å². The molecule has 0 unspecified atom stereocenters. The van der Waals surface area contributed by atoms with Gasteiger partial charge in [0.25, 0.3) is 0 Å². The summed E-state index contributed by atoms with van der Waals surface area (Å²) in [4.78, 5) is 0. The van der Waals surface area contributed by atoms with E-state index in [0.29, 0.717) is 0 Å². The Labute approximate surface area is 93.1 Å². The molecule has 2 aromatic rings. The third kappa shape index (κ3) is 3.22. The molecule has 1 aromatic carbocycles. The van der Waals surface area contributed by atoms with Crippen molar-refractivity contribution in [1.29, 1.82) is 0 Å². The van der Waals surface area contributed by atoms with Crippen molar-refractivity contribution in [1.82, 2.24) is 10.2 Å². The van der Waals surface area contributed by atoms with Gasteiger partial charge in [0.2, 0.25) is 0 Å². The first-order valence-electron chi connectivity index (χ1n) is 4.61. The van der Waals surface area contributed by atoms with Crippen molar-refractivity contribution in [3.05, 3.63) is 59.6 Å². The van der Waals surface area contributed by atoms with Gasteiger partial charge in [-0.2, -0.15) is 5.10 Å². The molecular formula is C12H10N2S. The van der Waals surface area contributed by atoms with Gasteiger partial charge in [0, 0.05) is 6.20 Å². The van der Waals surface area contributed by atoms with E-state index in [1.54, 1.807) is 18.0 Å². The highest BCUT2D eigenvalue weighted by Gasteiger charge is 1.89. The van der Waals surface area contributed by atoms with Crippen molar-refractivity contribution in [3.63, 3.8) is 0 Å². The van der Waals surface area contributed by atoms with Gasteiger partial charge in [-0.05, 0) is 29.2 Å². The molecule has 0 radical (unpaired) electrons. The number of rotatable bonds is 3. The standard InChI is InChI=1S/C12H10N2S/c1-2-5-11(6-3-1)8-10-15-12-7-4-9-13-14-12/h1-10H/b10-8+. The molecular weight excluding hydrogens is 204 g/mol. The van der Waals surface area contributed by atoms with Crippen LogP contribution >= 0.6 is 11.8 Å². The molecule has 15 heavy (non-hydrogen) atoms. The van der Waals surface area contributed by atoms with E-state index in [1.807, 2.05) is 35.7 Å². The first-order chi connectivity index (χ1) is 7.45. The van der Waals surface area contributed by atoms with E-state index in [4.69, 9.17) is 0 Å². The second-order valence-electron chi connectivity index (χ2n) is 2.89. The molecule has 0 saturated carbocycles. The number of hydrogen-bond acceptors (Lipinski definition) is 3. The maximum atomic E-state index is 3.97. The summed E-state index contributed by atoms with van der Waals surface area (Å²) in [6.45, 7) is 0. The van der Waals surface area contributed by atoms with Crippen molar-refractivity contribution in [2.24, 2.45) is 0 Å². The molecule has 0 aliphatic heterocycles. The van der Waals surface area contributed by atoms with E-state index in [1.165, 1.54) is 5.56 Å². The molecule has 1 aromatic heterocycles. The lowest BCUT2D eigenvalue weighted by Gasteiger charge is -1.92. The molecule has 2 rings (SSSR count). The van der Waals surface area contributed by atoms with Gasteiger partial charge in [-0.15, -0.1) is 5.10 Å². The van der Waals surface area contributed by atoms with Crippen LogP contribution < -0.4 is 0 Å². The summed E-state index contributed by atoms with van der Waals surface area (Å²) >= 11 is 1.56. The Balaban J connectivity index is 1.97. The van der Waals surface area contributed by atoms with Crippen molar-refractivity contribution >= 4 is 17.8 Å². The van der Waals surface area contributed by atoms with Gasteiger partial charge in [-0.25, -0.2) is 0 Å². The van der Waals surface area contributed by atoms with Crippen molar-refractivity contribution in [3.8, 4) is 0 Å². The number of nitrogens with zero attached hydrogens (tertiary/aromatic N) is 2. The second kappa shape index (κ2) is 5.32. The van der Waals surface area contributed by atoms with Crippen molar-refractivity contribution in [2.45, 2.75) is 5.03 Å². The topological polar surface area (TPSA) is 25.8 Å². The summed E-state index contributed by atoms with van der Waals surface area (Å²) in [6.07, 6.45) is 3.73. The van der Waals surface area contributed by atoms with Crippen LogP contribution in [0.5, 0.6) is 0 Å². The minimum atomic E-state index is 0.907. The lowest BCUT2D eigenvalue weighted by atomic mass is 10.2. The summed E-state index contributed by atoms with van der Waals surface area (Å²) in [5, 5.41) is 10.7. The van der Waals surface area contributed by atoms with Gasteiger partial charge < -0.3 is 0 Å². The molecule has 0 atom stereocenters. The summed E-state index contributed by atoms with van der Waals surface area (Å²) in [6, 6.07) is 14.0. The fourth-order valence-electron chi connectivity index (χ4n) is 1.10. The average Bonchev–Trinajstić information content (AvgIpc) is 2.32. The fourth-order valence-corrected chi connectivity index (χ4v) is 1.71. The Kier molecular flexibility index (Phi) is 3.52. The van der Waals surface area contributed by atoms with Gasteiger partial charge in [0.1, 0.15) is 5.03 Å². The van der Waals surface area contributed by atoms with Crippen LogP contribution in [0.2, 0.25) is 0 Å². The van der Waals surface area contributed by atoms with E-state index < -0.39 is 0 Å². The molecule has 0 fully saturated rings. The normalized spacial score (nSPS) is 10.7. The van der Waals surface area contributed by atoms with E-state index in [0.717, 1.165) is 5.03 Å². The molecule has 2 nitrogen and oxygen atoms in total. The monoisotopic (exact) mass is 214 g/mol. The third-order valence-corrected chi connectivity index (χ3v) is 2.53. The molecule has 0 bridgehead atoms. The zero-order chi connectivity index (χ0) is 10.3. The summed E-state index contributed by atoms with van der Waals surface area (Å²) in [5.41, 5.74) is 1.19. The molecule has 0 N–H and O–H groups in total. The molecule has 0 aliphatic rings. The van der Waals surface area contributed by atoms with Crippen LogP contribution in [-0.4, -0.2) is 10.2 Å². The first kappa shape index (κ1) is 9.93. The third-order valence-electron chi connectivity index (χ3n) is 1.80. The van der Waals surface area contributed by atoms with E-state index >= 15 is 0 Å². The highest BCUT2D eigenvalue weighted by molar-refractivity contribution is 8.02. The highest BCUT2D eigenvalue weighted by atomic mass is 32.2. The average molecular weight is 214 g/mol. The van der Waals surface area contributed by atoms with E-state index in [2.05, 4.69) is 28.4 Å². The molecule has 0 aliphatic carbocycles. The van der Waals surface area contributed by atoms with Crippen LogP contribution in [0, 0.1) is 0 Å².